The Balaban J connectivity index is 2.76. The first-order valence-electron chi connectivity index (χ1n) is 10.7. The van der Waals surface area contributed by atoms with Crippen LogP contribution in [0.4, 0.5) is 110 Å². The zero-order chi connectivity index (χ0) is 38.7. The Labute approximate surface area is 266 Å². The summed E-state index contributed by atoms with van der Waals surface area (Å²) in [5, 5.41) is -0.225. The van der Waals surface area contributed by atoms with Crippen molar-refractivity contribution in [2.45, 2.75) is 71.3 Å². The third-order valence-corrected chi connectivity index (χ3v) is 9.69. The van der Waals surface area contributed by atoms with E-state index >= 15 is 0 Å². The van der Waals surface area contributed by atoms with E-state index in [1.807, 2.05) is 0 Å². The van der Waals surface area contributed by atoms with E-state index in [1.165, 1.54) is 0 Å². The second-order valence-electron chi connectivity index (χ2n) is 9.22. The van der Waals surface area contributed by atoms with Gasteiger partial charge < -0.3 is 0 Å². The maximum absolute atomic E-state index is 14.6. The Morgan fingerprint density at radius 1 is 0.396 bits per heavy atom. The molecule has 0 N–H and O–H groups in total. The number of hydrogen-bond donors (Lipinski definition) is 0. The fraction of sp³-hybridized carbons (Fsp3) is 0.600. The van der Waals surface area contributed by atoms with Gasteiger partial charge >= 0.3 is 71.3 Å². The molecule has 28 heteroatoms. The van der Waals surface area contributed by atoms with Crippen molar-refractivity contribution in [3.05, 3.63) is 32.0 Å². The maximum atomic E-state index is 14.6. The van der Waals surface area contributed by atoms with Gasteiger partial charge in [0, 0.05) is 15.6 Å². The molecule has 278 valence electrons. The minimum absolute atomic E-state index is 0.0494. The molecule has 0 bridgehead atoms. The van der Waals surface area contributed by atoms with Crippen LogP contribution in [0, 0.1) is 0 Å². The van der Waals surface area contributed by atoms with Crippen LogP contribution in [-0.4, -0.2) is 65.4 Å². The molecule has 0 fully saturated rings. The van der Waals surface area contributed by atoms with Crippen molar-refractivity contribution >= 4 is 53.3 Å². The van der Waals surface area contributed by atoms with Crippen molar-refractivity contribution < 1.29 is 110 Å². The van der Waals surface area contributed by atoms with Crippen LogP contribution in [0.25, 0.3) is 10.1 Å². The van der Waals surface area contributed by atoms with E-state index in [-0.39, 0.29) is 25.8 Å². The van der Waals surface area contributed by atoms with Gasteiger partial charge in [0.05, 0.1) is 8.26 Å². The Hall–Kier alpha value is -1.61. The van der Waals surface area contributed by atoms with Crippen LogP contribution < -0.4 is 0 Å². The average molecular weight is 910 g/mol. The van der Waals surface area contributed by atoms with Crippen LogP contribution in [0.2, 0.25) is 0 Å². The lowest BCUT2D eigenvalue weighted by Crippen LogP contribution is -2.78. The molecule has 0 saturated heterocycles. The highest BCUT2D eigenvalue weighted by Gasteiger charge is 2.99. The topological polar surface area (TPSA) is 0 Å². The van der Waals surface area contributed by atoms with E-state index in [0.717, 1.165) is 0 Å². The number of rotatable bonds is 11. The number of fused-ring (bicyclic) bond motifs is 1. The summed E-state index contributed by atoms with van der Waals surface area (Å²) >= 11 is 5.87. The lowest BCUT2D eigenvalue weighted by molar-refractivity contribution is -0.482. The maximum Gasteiger partial charge on any atom is 0.460 e. The molecule has 0 aliphatic carbocycles. The molecule has 1 aromatic heterocycles. The summed E-state index contributed by atoms with van der Waals surface area (Å²) in [7, 11) is 0. The van der Waals surface area contributed by atoms with E-state index in [2.05, 4.69) is 31.9 Å². The molecule has 0 radical (unpaired) electrons. The van der Waals surface area contributed by atoms with E-state index in [1.54, 1.807) is 0 Å². The fourth-order valence-corrected chi connectivity index (χ4v) is 5.68. The third kappa shape index (κ3) is 5.07. The molecule has 1 heterocycles. The quantitative estimate of drug-likeness (QED) is 0.197. The average Bonchev–Trinajstić information content (AvgIpc) is 3.19. The van der Waals surface area contributed by atoms with Gasteiger partial charge in [0.15, 0.2) is 0 Å². The molecule has 2 aromatic rings. The Morgan fingerprint density at radius 2 is 0.688 bits per heavy atom. The summed E-state index contributed by atoms with van der Waals surface area (Å²) < 4.78 is 341. The molecule has 48 heavy (non-hydrogen) atoms. The number of halogens is 27. The third-order valence-electron chi connectivity index (χ3n) is 6.25. The van der Waals surface area contributed by atoms with Gasteiger partial charge in [-0.15, -0.1) is 11.3 Å². The van der Waals surface area contributed by atoms with Gasteiger partial charge in [-0.2, -0.15) is 110 Å². The van der Waals surface area contributed by atoms with E-state index in [4.69, 9.17) is 0 Å². The van der Waals surface area contributed by atoms with Crippen molar-refractivity contribution in [1.29, 1.82) is 0 Å². The van der Waals surface area contributed by atoms with E-state index in [9.17, 15) is 110 Å². The van der Waals surface area contributed by atoms with Gasteiger partial charge in [-0.05, 0) is 37.9 Å². The Bertz CT molecular complexity index is 1530. The number of hydrogen-bond acceptors (Lipinski definition) is 1. The summed E-state index contributed by atoms with van der Waals surface area (Å²) in [6.45, 7) is 0. The number of alkyl halides is 25. The predicted molar refractivity (Wildman–Crippen MR) is 117 cm³/mol. The minimum Gasteiger partial charge on any atom is -0.194 e. The van der Waals surface area contributed by atoms with Crippen molar-refractivity contribution in [2.75, 3.05) is 0 Å². The van der Waals surface area contributed by atoms with Crippen molar-refractivity contribution in [1.82, 2.24) is 0 Å². The lowest BCUT2D eigenvalue weighted by atomic mass is 9.84. The first-order valence-corrected chi connectivity index (χ1v) is 13.2. The molecular weight excluding hydrogens is 907 g/mol. The molecule has 0 atom stereocenters. The molecule has 0 unspecified atom stereocenters. The van der Waals surface area contributed by atoms with Crippen molar-refractivity contribution in [3.8, 4) is 0 Å². The number of thiophene rings is 1. The standard InChI is InChI=1S/C20H3Br2F25S/c21-7-5-2-1-4(3-6(5)48-8(7)22)9(23,24)10(25,26)11(27,28)12(29,30)13(31,32)14(33,34)15(35,36)16(37,38)17(39,40)18(41,42)19(43,44)20(45,46)47/h1-3H. The molecular formula is C20H3Br2F25S. The summed E-state index contributed by atoms with van der Waals surface area (Å²) in [5.41, 5.74) is -2.53. The molecule has 0 aliphatic heterocycles. The van der Waals surface area contributed by atoms with Crippen LogP contribution in [-0.2, 0) is 5.92 Å². The monoisotopic (exact) mass is 908 g/mol. The van der Waals surface area contributed by atoms with Gasteiger partial charge in [-0.25, -0.2) is 0 Å². The highest BCUT2D eigenvalue weighted by Crippen LogP contribution is 2.68. The lowest BCUT2D eigenvalue weighted by Gasteiger charge is -2.45. The van der Waals surface area contributed by atoms with Gasteiger partial charge in [-0.3, -0.25) is 0 Å². The smallest absolute Gasteiger partial charge is 0.194 e. The predicted octanol–water partition coefficient (Wildman–Crippen LogP) is 12.4. The van der Waals surface area contributed by atoms with Crippen molar-refractivity contribution in [3.63, 3.8) is 0 Å². The van der Waals surface area contributed by atoms with Crippen LogP contribution in [0.5, 0.6) is 0 Å². The fourth-order valence-electron chi connectivity index (χ4n) is 3.36. The molecule has 0 saturated carbocycles. The van der Waals surface area contributed by atoms with Crippen LogP contribution in [0.3, 0.4) is 0 Å². The van der Waals surface area contributed by atoms with Crippen LogP contribution in [0.15, 0.2) is 26.5 Å². The minimum atomic E-state index is -9.61. The highest BCUT2D eigenvalue weighted by molar-refractivity contribution is 9.13. The van der Waals surface area contributed by atoms with Crippen LogP contribution in [0.1, 0.15) is 5.56 Å². The Kier molecular flexibility index (Phi) is 9.92. The van der Waals surface area contributed by atoms with Gasteiger partial charge in [0.1, 0.15) is 0 Å². The molecule has 0 amide bonds. The van der Waals surface area contributed by atoms with Crippen molar-refractivity contribution in [2.24, 2.45) is 0 Å². The highest BCUT2D eigenvalue weighted by atomic mass is 79.9. The Morgan fingerprint density at radius 3 is 1.00 bits per heavy atom. The first kappa shape index (κ1) is 42.6. The molecule has 0 nitrogen and oxygen atoms in total. The zero-order valence-electron chi connectivity index (χ0n) is 20.8. The number of benzene rings is 1. The van der Waals surface area contributed by atoms with E-state index in [0.29, 0.717) is 17.4 Å². The van der Waals surface area contributed by atoms with Gasteiger partial charge in [0.2, 0.25) is 0 Å². The van der Waals surface area contributed by atoms with Gasteiger partial charge in [-0.1, -0.05) is 12.1 Å². The van der Waals surface area contributed by atoms with E-state index < -0.39 is 81.6 Å². The summed E-state index contributed by atoms with van der Waals surface area (Å²) in [4.78, 5) is 0. The largest absolute Gasteiger partial charge is 0.460 e. The SMILES string of the molecule is FC(F)(F)C(F)(F)C(F)(F)C(F)(F)C(F)(F)C(F)(F)C(F)(F)C(F)(F)C(F)(F)C(F)(F)C(F)(F)C(F)(F)c1ccc2c(Br)c(Br)sc2c1. The summed E-state index contributed by atoms with van der Waals surface area (Å²) in [5.74, 6) is -98.7. The normalized spacial score (nSPS) is 16.2. The summed E-state index contributed by atoms with van der Waals surface area (Å²) in [6.07, 6.45) is -8.18. The molecule has 0 aliphatic rings. The molecule has 2 rings (SSSR count). The zero-order valence-corrected chi connectivity index (χ0v) is 24.8. The molecule has 1 aromatic carbocycles. The second kappa shape index (κ2) is 11.2. The summed E-state index contributed by atoms with van der Waals surface area (Å²) in [6, 6.07) is -0.132. The first-order chi connectivity index (χ1) is 20.6. The molecule has 0 spiro atoms. The van der Waals surface area contributed by atoms with Gasteiger partial charge in [0.25, 0.3) is 0 Å². The van der Waals surface area contributed by atoms with Crippen LogP contribution >= 0.6 is 43.2 Å². The second-order valence-corrected chi connectivity index (χ2v) is 12.4.